The van der Waals surface area contributed by atoms with Crippen LogP contribution >= 0.6 is 0 Å². The monoisotopic (exact) mass is 290 g/mol. The molecule has 0 aliphatic heterocycles. The van der Waals surface area contributed by atoms with Crippen LogP contribution in [0, 0.1) is 5.92 Å². The number of rotatable bonds is 6. The Hall–Kier alpha value is -1.12. The van der Waals surface area contributed by atoms with Crippen molar-refractivity contribution < 1.29 is 4.79 Å². The van der Waals surface area contributed by atoms with Gasteiger partial charge in [-0.25, -0.2) is 0 Å². The highest BCUT2D eigenvalue weighted by Crippen LogP contribution is 2.35. The number of Topliss-reactive ketones (excluding diaryl/α,β-unsaturated/α-hetero) is 1. The van der Waals surface area contributed by atoms with Crippen LogP contribution in [0.1, 0.15) is 94.0 Å². The van der Waals surface area contributed by atoms with E-state index in [1.54, 1.807) is 0 Å². The zero-order valence-corrected chi connectivity index (χ0v) is 14.1. The van der Waals surface area contributed by atoms with Crippen molar-refractivity contribution in [2.45, 2.75) is 85.1 Å². The van der Waals surface area contributed by atoms with E-state index in [0.717, 1.165) is 30.0 Å². The third-order valence-corrected chi connectivity index (χ3v) is 5.03. The second kappa shape index (κ2) is 7.24. The van der Waals surface area contributed by atoms with Crippen LogP contribution in [0.25, 0.3) is 0 Å². The van der Waals surface area contributed by atoms with Crippen LogP contribution in [0.5, 0.6) is 0 Å². The number of nitrogens with zero attached hydrogens (tertiary/aromatic N) is 2. The number of carbonyl (C=O) groups excluding carboxylic acids is 1. The highest BCUT2D eigenvalue weighted by molar-refractivity contribution is 5.98. The molecule has 0 amide bonds. The lowest BCUT2D eigenvalue weighted by Crippen LogP contribution is -2.21. The summed E-state index contributed by atoms with van der Waals surface area (Å²) in [6.45, 7) is 8.50. The van der Waals surface area contributed by atoms with Gasteiger partial charge in [-0.2, -0.15) is 5.10 Å². The van der Waals surface area contributed by atoms with Gasteiger partial charge in [0.15, 0.2) is 5.78 Å². The van der Waals surface area contributed by atoms with Gasteiger partial charge in [0, 0.05) is 12.1 Å². The Kier molecular flexibility index (Phi) is 5.60. The fourth-order valence-electron chi connectivity index (χ4n) is 3.76. The van der Waals surface area contributed by atoms with Crippen molar-refractivity contribution in [1.29, 1.82) is 0 Å². The Morgan fingerprint density at radius 3 is 2.52 bits per heavy atom. The number of ketones is 1. The van der Waals surface area contributed by atoms with Crippen LogP contribution in [0.2, 0.25) is 0 Å². The maximum absolute atomic E-state index is 12.3. The summed E-state index contributed by atoms with van der Waals surface area (Å²) in [4.78, 5) is 12.3. The van der Waals surface area contributed by atoms with E-state index in [4.69, 9.17) is 5.10 Å². The summed E-state index contributed by atoms with van der Waals surface area (Å²) in [6.07, 6.45) is 8.70. The molecule has 0 aromatic carbocycles. The van der Waals surface area contributed by atoms with E-state index >= 15 is 0 Å². The molecule has 0 N–H and O–H groups in total. The molecule has 2 unspecified atom stereocenters. The average molecular weight is 290 g/mol. The van der Waals surface area contributed by atoms with Crippen LogP contribution in [0.15, 0.2) is 0 Å². The van der Waals surface area contributed by atoms with Crippen molar-refractivity contribution in [3.63, 3.8) is 0 Å². The molecule has 1 saturated carbocycles. The molecule has 0 bridgehead atoms. The fraction of sp³-hybridized carbons (Fsp3) is 0.778. The van der Waals surface area contributed by atoms with Crippen LogP contribution in [-0.4, -0.2) is 15.6 Å². The first-order valence-corrected chi connectivity index (χ1v) is 8.79. The van der Waals surface area contributed by atoms with E-state index in [9.17, 15) is 4.79 Å². The van der Waals surface area contributed by atoms with E-state index < -0.39 is 0 Å². The molecule has 118 valence electrons. The Morgan fingerprint density at radius 1 is 1.19 bits per heavy atom. The van der Waals surface area contributed by atoms with Crippen molar-refractivity contribution in [2.75, 3.05) is 0 Å². The summed E-state index contributed by atoms with van der Waals surface area (Å²) in [7, 11) is 0. The Balaban J connectivity index is 2.39. The molecule has 1 aromatic rings. The Morgan fingerprint density at radius 2 is 1.95 bits per heavy atom. The number of hydrogen-bond acceptors (Lipinski definition) is 2. The summed E-state index contributed by atoms with van der Waals surface area (Å²) in [5.41, 5.74) is 3.12. The van der Waals surface area contributed by atoms with Gasteiger partial charge < -0.3 is 0 Å². The van der Waals surface area contributed by atoms with Crippen molar-refractivity contribution >= 4 is 5.78 Å². The minimum atomic E-state index is 0.262. The molecule has 1 aromatic heterocycles. The molecule has 1 heterocycles. The van der Waals surface area contributed by atoms with Gasteiger partial charge in [-0.1, -0.05) is 47.0 Å². The summed E-state index contributed by atoms with van der Waals surface area (Å²) in [5, 5.41) is 4.86. The summed E-state index contributed by atoms with van der Waals surface area (Å²) < 4.78 is 2.23. The van der Waals surface area contributed by atoms with Crippen LogP contribution < -0.4 is 0 Å². The third-order valence-electron chi connectivity index (χ3n) is 5.03. The van der Waals surface area contributed by atoms with E-state index in [1.165, 1.54) is 37.8 Å². The zero-order chi connectivity index (χ0) is 15.4. The summed E-state index contributed by atoms with van der Waals surface area (Å²) in [5.74, 6) is 1.09. The quantitative estimate of drug-likeness (QED) is 0.709. The first-order valence-electron chi connectivity index (χ1n) is 8.79. The highest BCUT2D eigenvalue weighted by atomic mass is 16.1. The summed E-state index contributed by atoms with van der Waals surface area (Å²) >= 11 is 0. The van der Waals surface area contributed by atoms with E-state index in [2.05, 4.69) is 25.5 Å². The molecule has 2 rings (SSSR count). The molecule has 0 spiro atoms. The second-order valence-corrected chi connectivity index (χ2v) is 6.29. The molecule has 1 aliphatic carbocycles. The SMILES string of the molecule is CCC(=O)c1c(CC)nn(C2CCCC(CC)C2)c1CC. The molecule has 3 nitrogen and oxygen atoms in total. The van der Waals surface area contributed by atoms with Gasteiger partial charge in [0.1, 0.15) is 0 Å². The Bertz CT molecular complexity index is 490. The predicted octanol–water partition coefficient (Wildman–Crippen LogP) is 4.74. The maximum Gasteiger partial charge on any atom is 0.166 e. The predicted molar refractivity (Wildman–Crippen MR) is 86.9 cm³/mol. The van der Waals surface area contributed by atoms with Crippen molar-refractivity contribution in [3.8, 4) is 0 Å². The van der Waals surface area contributed by atoms with Crippen LogP contribution in [0.3, 0.4) is 0 Å². The minimum absolute atomic E-state index is 0.262. The molecule has 2 atom stereocenters. The van der Waals surface area contributed by atoms with Crippen molar-refractivity contribution in [2.24, 2.45) is 5.92 Å². The average Bonchev–Trinajstić information content (AvgIpc) is 2.92. The molecular weight excluding hydrogens is 260 g/mol. The fourth-order valence-corrected chi connectivity index (χ4v) is 3.76. The number of aromatic nitrogens is 2. The first kappa shape index (κ1) is 16.3. The zero-order valence-electron chi connectivity index (χ0n) is 14.1. The van der Waals surface area contributed by atoms with Crippen LogP contribution in [0.4, 0.5) is 0 Å². The minimum Gasteiger partial charge on any atom is -0.294 e. The molecule has 0 radical (unpaired) electrons. The van der Waals surface area contributed by atoms with Gasteiger partial charge in [-0.15, -0.1) is 0 Å². The lowest BCUT2D eigenvalue weighted by atomic mass is 9.84. The normalized spacial score (nSPS) is 22.5. The standard InChI is InChI=1S/C18H30N2O/c1-5-13-10-9-11-14(12-13)20-16(7-3)18(17(21)8-4)15(6-2)19-20/h13-14H,5-12H2,1-4H3. The van der Waals surface area contributed by atoms with Gasteiger partial charge in [0.2, 0.25) is 0 Å². The lowest BCUT2D eigenvalue weighted by molar-refractivity contribution is 0.0986. The van der Waals surface area contributed by atoms with Gasteiger partial charge in [0.25, 0.3) is 0 Å². The lowest BCUT2D eigenvalue weighted by Gasteiger charge is -2.29. The number of hydrogen-bond donors (Lipinski definition) is 0. The molecule has 1 fully saturated rings. The molecule has 21 heavy (non-hydrogen) atoms. The largest absolute Gasteiger partial charge is 0.294 e. The van der Waals surface area contributed by atoms with E-state index in [0.29, 0.717) is 12.5 Å². The smallest absolute Gasteiger partial charge is 0.166 e. The second-order valence-electron chi connectivity index (χ2n) is 6.29. The topological polar surface area (TPSA) is 34.9 Å². The number of aryl methyl sites for hydroxylation is 1. The van der Waals surface area contributed by atoms with Gasteiger partial charge in [-0.05, 0) is 31.6 Å². The summed E-state index contributed by atoms with van der Waals surface area (Å²) in [6, 6.07) is 0.502. The van der Waals surface area contributed by atoms with E-state index in [-0.39, 0.29) is 5.78 Å². The maximum atomic E-state index is 12.3. The third kappa shape index (κ3) is 3.22. The van der Waals surface area contributed by atoms with E-state index in [1.807, 2.05) is 6.92 Å². The number of carbonyl (C=O) groups is 1. The van der Waals surface area contributed by atoms with Crippen molar-refractivity contribution in [1.82, 2.24) is 9.78 Å². The molecular formula is C18H30N2O. The highest BCUT2D eigenvalue weighted by Gasteiger charge is 2.28. The Labute approximate surface area is 129 Å². The molecule has 0 saturated heterocycles. The van der Waals surface area contributed by atoms with Crippen LogP contribution in [-0.2, 0) is 12.8 Å². The molecule has 3 heteroatoms. The first-order chi connectivity index (χ1) is 10.2. The van der Waals surface area contributed by atoms with Gasteiger partial charge >= 0.3 is 0 Å². The van der Waals surface area contributed by atoms with Gasteiger partial charge in [-0.3, -0.25) is 9.48 Å². The van der Waals surface area contributed by atoms with Gasteiger partial charge in [0.05, 0.1) is 17.3 Å². The van der Waals surface area contributed by atoms with Crippen molar-refractivity contribution in [3.05, 3.63) is 17.0 Å². The molecule has 1 aliphatic rings.